The normalized spacial score (nSPS) is 18.7. The maximum Gasteiger partial charge on any atom is 0.263 e. The van der Waals surface area contributed by atoms with Crippen LogP contribution in [0.4, 0.5) is 0 Å². The quantitative estimate of drug-likeness (QED) is 0.370. The molecule has 0 saturated carbocycles. The van der Waals surface area contributed by atoms with Crippen molar-refractivity contribution in [1.29, 1.82) is 0 Å². The number of fused-ring (bicyclic) bond motifs is 3. The summed E-state index contributed by atoms with van der Waals surface area (Å²) in [6.45, 7) is 3.71. The number of carbonyl (C=O) groups excluding carboxylic acids is 1. The topological polar surface area (TPSA) is 73.2 Å². The van der Waals surface area contributed by atoms with Crippen LogP contribution in [0.1, 0.15) is 48.6 Å². The first kappa shape index (κ1) is 23.6. The van der Waals surface area contributed by atoms with Crippen LogP contribution in [0.3, 0.4) is 0 Å². The van der Waals surface area contributed by atoms with E-state index in [1.54, 1.807) is 15.9 Å². The molecular weight excluding hydrogens is 466 g/mol. The van der Waals surface area contributed by atoms with E-state index in [0.717, 1.165) is 55.3 Å². The van der Waals surface area contributed by atoms with Crippen LogP contribution in [0.2, 0.25) is 0 Å². The Morgan fingerprint density at radius 2 is 2.09 bits per heavy atom. The third-order valence-electron chi connectivity index (χ3n) is 6.66. The molecule has 3 aromatic rings. The molecule has 5 rings (SSSR count). The summed E-state index contributed by atoms with van der Waals surface area (Å²) in [4.78, 5) is 33.6. The molecule has 2 aliphatic rings. The highest BCUT2D eigenvalue weighted by Crippen LogP contribution is 2.35. The standard InChI is InChI=1S/C26H31N3O3S2/c1-17(23(30)27-14-13-18-8-3-2-4-9-18)33-26-28-24-22(20-11-5-6-12-21(20)34-24)25(31)29(26)16-19-10-7-15-32-19/h2-4,8-9,17,19H,5-7,10-16H2,1H3,(H,27,30). The van der Waals surface area contributed by atoms with Gasteiger partial charge >= 0.3 is 0 Å². The summed E-state index contributed by atoms with van der Waals surface area (Å²) in [5, 5.41) is 4.10. The molecule has 1 aliphatic carbocycles. The SMILES string of the molecule is CC(Sc1nc2sc3c(c2c(=O)n1CC1CCCO1)CCCC3)C(=O)NCCc1ccccc1. The van der Waals surface area contributed by atoms with E-state index in [1.807, 2.05) is 25.1 Å². The number of ether oxygens (including phenoxy) is 1. The highest BCUT2D eigenvalue weighted by atomic mass is 32.2. The van der Waals surface area contributed by atoms with Gasteiger partial charge in [0.1, 0.15) is 4.83 Å². The predicted molar refractivity (Wildman–Crippen MR) is 138 cm³/mol. The van der Waals surface area contributed by atoms with E-state index in [2.05, 4.69) is 17.4 Å². The summed E-state index contributed by atoms with van der Waals surface area (Å²) >= 11 is 3.03. The number of benzene rings is 1. The zero-order chi connectivity index (χ0) is 23.5. The first-order valence-electron chi connectivity index (χ1n) is 12.2. The molecule has 34 heavy (non-hydrogen) atoms. The van der Waals surface area contributed by atoms with Gasteiger partial charge in [-0.1, -0.05) is 42.1 Å². The molecule has 1 N–H and O–H groups in total. The van der Waals surface area contributed by atoms with E-state index >= 15 is 0 Å². The Morgan fingerprint density at radius 3 is 2.88 bits per heavy atom. The van der Waals surface area contributed by atoms with Crippen molar-refractivity contribution < 1.29 is 9.53 Å². The summed E-state index contributed by atoms with van der Waals surface area (Å²) in [7, 11) is 0. The van der Waals surface area contributed by atoms with Crippen molar-refractivity contribution >= 4 is 39.2 Å². The molecule has 1 saturated heterocycles. The smallest absolute Gasteiger partial charge is 0.263 e. The molecule has 1 amide bonds. The monoisotopic (exact) mass is 497 g/mol. The Hall–Kier alpha value is -2.16. The van der Waals surface area contributed by atoms with Crippen LogP contribution in [-0.2, 0) is 35.3 Å². The number of carbonyl (C=O) groups is 1. The number of thioether (sulfide) groups is 1. The van der Waals surface area contributed by atoms with E-state index in [1.165, 1.54) is 34.2 Å². The summed E-state index contributed by atoms with van der Waals surface area (Å²) in [5.41, 5.74) is 2.43. The maximum absolute atomic E-state index is 13.7. The summed E-state index contributed by atoms with van der Waals surface area (Å²) in [5.74, 6) is -0.0376. The van der Waals surface area contributed by atoms with Crippen molar-refractivity contribution in [3.63, 3.8) is 0 Å². The van der Waals surface area contributed by atoms with Crippen molar-refractivity contribution in [3.8, 4) is 0 Å². The van der Waals surface area contributed by atoms with Gasteiger partial charge < -0.3 is 10.1 Å². The van der Waals surface area contributed by atoms with Crippen LogP contribution in [0, 0.1) is 0 Å². The number of nitrogens with zero attached hydrogens (tertiary/aromatic N) is 2. The lowest BCUT2D eigenvalue weighted by Gasteiger charge is -2.18. The number of rotatable bonds is 8. The highest BCUT2D eigenvalue weighted by Gasteiger charge is 2.26. The van der Waals surface area contributed by atoms with Crippen LogP contribution in [0.25, 0.3) is 10.2 Å². The number of hydrogen-bond acceptors (Lipinski definition) is 6. The number of nitrogens with one attached hydrogen (secondary N) is 1. The number of thiophene rings is 1. The summed E-state index contributed by atoms with van der Waals surface area (Å²) in [6, 6.07) is 10.1. The Morgan fingerprint density at radius 1 is 1.26 bits per heavy atom. The van der Waals surface area contributed by atoms with Crippen molar-refractivity contribution in [2.24, 2.45) is 0 Å². The lowest BCUT2D eigenvalue weighted by atomic mass is 9.97. The zero-order valence-corrected chi connectivity index (χ0v) is 21.2. The fourth-order valence-corrected chi connectivity index (χ4v) is 7.04. The first-order valence-corrected chi connectivity index (χ1v) is 13.9. The number of hydrogen-bond donors (Lipinski definition) is 1. The van der Waals surface area contributed by atoms with Crippen molar-refractivity contribution in [1.82, 2.24) is 14.9 Å². The third kappa shape index (κ3) is 5.09. The van der Waals surface area contributed by atoms with Crippen LogP contribution in [0.15, 0.2) is 40.3 Å². The average molecular weight is 498 g/mol. The molecule has 0 bridgehead atoms. The van der Waals surface area contributed by atoms with Crippen LogP contribution >= 0.6 is 23.1 Å². The molecule has 1 aromatic carbocycles. The largest absolute Gasteiger partial charge is 0.376 e. The van der Waals surface area contributed by atoms with E-state index in [-0.39, 0.29) is 22.8 Å². The van der Waals surface area contributed by atoms with Gasteiger partial charge in [-0.05, 0) is 63.0 Å². The first-order chi connectivity index (χ1) is 16.6. The second-order valence-corrected chi connectivity index (χ2v) is 11.5. The Bertz CT molecular complexity index is 1220. The molecule has 180 valence electrons. The summed E-state index contributed by atoms with van der Waals surface area (Å²) < 4.78 is 7.62. The molecule has 3 heterocycles. The Kier molecular flexibility index (Phi) is 7.37. The van der Waals surface area contributed by atoms with Gasteiger partial charge in [-0.15, -0.1) is 11.3 Å². The second kappa shape index (κ2) is 10.6. The lowest BCUT2D eigenvalue weighted by Crippen LogP contribution is -2.34. The Balaban J connectivity index is 1.37. The molecular formula is C26H31N3O3S2. The van der Waals surface area contributed by atoms with Gasteiger partial charge in [-0.3, -0.25) is 14.2 Å². The number of aryl methyl sites for hydroxylation is 2. The minimum atomic E-state index is -0.356. The second-order valence-electron chi connectivity index (χ2n) is 9.12. The summed E-state index contributed by atoms with van der Waals surface area (Å²) in [6.07, 6.45) is 7.08. The molecule has 0 radical (unpaired) electrons. The maximum atomic E-state index is 13.7. The van der Waals surface area contributed by atoms with E-state index in [0.29, 0.717) is 18.2 Å². The third-order valence-corrected chi connectivity index (χ3v) is 8.93. The molecule has 6 nitrogen and oxygen atoms in total. The molecule has 1 aliphatic heterocycles. The van der Waals surface area contributed by atoms with E-state index < -0.39 is 0 Å². The molecule has 0 spiro atoms. The molecule has 2 aromatic heterocycles. The molecule has 2 unspecified atom stereocenters. The van der Waals surface area contributed by atoms with Gasteiger partial charge in [0.25, 0.3) is 5.56 Å². The minimum absolute atomic E-state index is 0.0269. The van der Waals surface area contributed by atoms with Crippen molar-refractivity contribution in [2.45, 2.75) is 74.9 Å². The van der Waals surface area contributed by atoms with Crippen LogP contribution in [0.5, 0.6) is 0 Å². The molecule has 2 atom stereocenters. The van der Waals surface area contributed by atoms with Gasteiger partial charge in [0.05, 0.1) is 23.3 Å². The van der Waals surface area contributed by atoms with Crippen molar-refractivity contribution in [3.05, 3.63) is 56.7 Å². The van der Waals surface area contributed by atoms with Gasteiger partial charge in [0.15, 0.2) is 5.16 Å². The average Bonchev–Trinajstić information content (AvgIpc) is 3.49. The van der Waals surface area contributed by atoms with Crippen molar-refractivity contribution in [2.75, 3.05) is 13.2 Å². The Labute approximate surface area is 208 Å². The van der Waals surface area contributed by atoms with Crippen LogP contribution < -0.4 is 10.9 Å². The molecule has 8 heteroatoms. The van der Waals surface area contributed by atoms with Gasteiger partial charge in [0, 0.05) is 18.0 Å². The van der Waals surface area contributed by atoms with Crippen LogP contribution in [-0.4, -0.2) is 40.0 Å². The number of amides is 1. The van der Waals surface area contributed by atoms with Gasteiger partial charge in [-0.2, -0.15) is 0 Å². The predicted octanol–water partition coefficient (Wildman–Crippen LogP) is 4.36. The minimum Gasteiger partial charge on any atom is -0.376 e. The fraction of sp³-hybridized carbons (Fsp3) is 0.500. The van der Waals surface area contributed by atoms with E-state index in [9.17, 15) is 9.59 Å². The fourth-order valence-electron chi connectivity index (χ4n) is 4.79. The molecule has 1 fully saturated rings. The number of aromatic nitrogens is 2. The van der Waals surface area contributed by atoms with Gasteiger partial charge in [0.2, 0.25) is 5.91 Å². The highest BCUT2D eigenvalue weighted by molar-refractivity contribution is 8.00. The van der Waals surface area contributed by atoms with Gasteiger partial charge in [-0.25, -0.2) is 4.98 Å². The zero-order valence-electron chi connectivity index (χ0n) is 19.5. The lowest BCUT2D eigenvalue weighted by molar-refractivity contribution is -0.120. The van der Waals surface area contributed by atoms with E-state index in [4.69, 9.17) is 9.72 Å².